The van der Waals surface area contributed by atoms with E-state index in [9.17, 15) is 14.9 Å². The SMILES string of the molecule is Cc1ccc(CN2CC(C(=O)NC3(C#N)CCOCC3)CC2=O)cc1. The van der Waals surface area contributed by atoms with Crippen LogP contribution >= 0.6 is 0 Å². The van der Waals surface area contributed by atoms with Crippen LogP contribution in [0.25, 0.3) is 0 Å². The molecule has 0 aromatic heterocycles. The van der Waals surface area contributed by atoms with E-state index >= 15 is 0 Å². The number of nitrogens with zero attached hydrogens (tertiary/aromatic N) is 2. The van der Waals surface area contributed by atoms with Crippen LogP contribution in [-0.4, -0.2) is 42.0 Å². The fraction of sp³-hybridized carbons (Fsp3) is 0.526. The van der Waals surface area contributed by atoms with Crippen LogP contribution in [0, 0.1) is 24.2 Å². The summed E-state index contributed by atoms with van der Waals surface area (Å²) in [5.41, 5.74) is 1.37. The average molecular weight is 341 g/mol. The maximum atomic E-state index is 12.6. The molecule has 2 heterocycles. The lowest BCUT2D eigenvalue weighted by molar-refractivity contribution is -0.130. The van der Waals surface area contributed by atoms with Gasteiger partial charge in [-0.1, -0.05) is 29.8 Å². The summed E-state index contributed by atoms with van der Waals surface area (Å²) in [6.45, 7) is 3.87. The van der Waals surface area contributed by atoms with Gasteiger partial charge in [-0.2, -0.15) is 5.26 Å². The molecule has 2 aliphatic heterocycles. The number of amides is 2. The maximum Gasteiger partial charge on any atom is 0.226 e. The van der Waals surface area contributed by atoms with Crippen molar-refractivity contribution in [2.24, 2.45) is 5.92 Å². The van der Waals surface area contributed by atoms with Crippen molar-refractivity contribution in [2.75, 3.05) is 19.8 Å². The number of aryl methyl sites for hydroxylation is 1. The summed E-state index contributed by atoms with van der Waals surface area (Å²) in [6, 6.07) is 10.3. The monoisotopic (exact) mass is 341 g/mol. The molecule has 6 heteroatoms. The highest BCUT2D eigenvalue weighted by Crippen LogP contribution is 2.24. The molecular weight excluding hydrogens is 318 g/mol. The number of hydrogen-bond acceptors (Lipinski definition) is 4. The van der Waals surface area contributed by atoms with Crippen molar-refractivity contribution in [1.29, 1.82) is 5.26 Å². The van der Waals surface area contributed by atoms with Gasteiger partial charge in [0, 0.05) is 45.6 Å². The van der Waals surface area contributed by atoms with E-state index in [0.29, 0.717) is 39.1 Å². The summed E-state index contributed by atoms with van der Waals surface area (Å²) in [5.74, 6) is -0.618. The zero-order chi connectivity index (χ0) is 17.9. The number of carbonyl (C=O) groups is 2. The Morgan fingerprint density at radius 1 is 1.36 bits per heavy atom. The first-order valence-electron chi connectivity index (χ1n) is 8.66. The van der Waals surface area contributed by atoms with Crippen molar-refractivity contribution in [1.82, 2.24) is 10.2 Å². The third kappa shape index (κ3) is 3.99. The van der Waals surface area contributed by atoms with Crippen molar-refractivity contribution in [3.05, 3.63) is 35.4 Å². The Labute approximate surface area is 147 Å². The minimum atomic E-state index is -0.858. The van der Waals surface area contributed by atoms with Crippen molar-refractivity contribution < 1.29 is 14.3 Å². The summed E-state index contributed by atoms with van der Waals surface area (Å²) in [6.07, 6.45) is 1.18. The number of likely N-dealkylation sites (tertiary alicyclic amines) is 1. The van der Waals surface area contributed by atoms with Crippen molar-refractivity contribution in [3.63, 3.8) is 0 Å². The molecule has 2 amide bonds. The van der Waals surface area contributed by atoms with Gasteiger partial charge >= 0.3 is 0 Å². The molecule has 0 spiro atoms. The Kier molecular flexibility index (Phi) is 5.05. The molecule has 1 atom stereocenters. The van der Waals surface area contributed by atoms with E-state index in [4.69, 9.17) is 4.74 Å². The summed E-state index contributed by atoms with van der Waals surface area (Å²) >= 11 is 0. The topological polar surface area (TPSA) is 82.4 Å². The molecule has 1 aromatic carbocycles. The van der Waals surface area contributed by atoms with Gasteiger partial charge in [0.15, 0.2) is 0 Å². The molecule has 2 aliphatic rings. The van der Waals surface area contributed by atoms with E-state index in [2.05, 4.69) is 11.4 Å². The predicted molar refractivity (Wildman–Crippen MR) is 91.2 cm³/mol. The Balaban J connectivity index is 1.60. The van der Waals surface area contributed by atoms with Gasteiger partial charge in [0.2, 0.25) is 11.8 Å². The lowest BCUT2D eigenvalue weighted by atomic mass is 9.90. The number of nitriles is 1. The first kappa shape index (κ1) is 17.4. The van der Waals surface area contributed by atoms with E-state index in [1.165, 1.54) is 5.56 Å². The number of nitrogens with one attached hydrogen (secondary N) is 1. The van der Waals surface area contributed by atoms with Gasteiger partial charge in [-0.25, -0.2) is 0 Å². The Morgan fingerprint density at radius 2 is 2.04 bits per heavy atom. The zero-order valence-electron chi connectivity index (χ0n) is 14.5. The summed E-state index contributed by atoms with van der Waals surface area (Å²) in [5, 5.41) is 12.3. The fourth-order valence-electron chi connectivity index (χ4n) is 3.34. The third-order valence-electron chi connectivity index (χ3n) is 5.00. The normalized spacial score (nSPS) is 22.5. The van der Waals surface area contributed by atoms with Gasteiger partial charge in [0.05, 0.1) is 12.0 Å². The minimum Gasteiger partial charge on any atom is -0.381 e. The molecule has 0 aliphatic carbocycles. The Morgan fingerprint density at radius 3 is 2.68 bits per heavy atom. The second-order valence-corrected chi connectivity index (χ2v) is 6.96. The van der Waals surface area contributed by atoms with E-state index in [1.807, 2.05) is 31.2 Å². The minimum absolute atomic E-state index is 0.0151. The molecule has 1 unspecified atom stereocenters. The molecule has 0 saturated carbocycles. The fourth-order valence-corrected chi connectivity index (χ4v) is 3.34. The second-order valence-electron chi connectivity index (χ2n) is 6.96. The summed E-state index contributed by atoms with van der Waals surface area (Å²) in [7, 11) is 0. The standard InChI is InChI=1S/C19H23N3O3/c1-14-2-4-15(5-3-14)11-22-12-16(10-17(22)23)18(24)21-19(13-20)6-8-25-9-7-19/h2-5,16H,6-12H2,1H3,(H,21,24). The predicted octanol–water partition coefficient (Wildman–Crippen LogP) is 1.53. The van der Waals surface area contributed by atoms with Crippen LogP contribution in [0.1, 0.15) is 30.4 Å². The van der Waals surface area contributed by atoms with Gasteiger partial charge in [-0.05, 0) is 12.5 Å². The van der Waals surface area contributed by atoms with Crippen LogP contribution in [0.3, 0.4) is 0 Å². The third-order valence-corrected chi connectivity index (χ3v) is 5.00. The molecule has 3 rings (SSSR count). The first-order chi connectivity index (χ1) is 12.0. The lowest BCUT2D eigenvalue weighted by Crippen LogP contribution is -2.52. The van der Waals surface area contributed by atoms with Crippen LogP contribution in [-0.2, 0) is 20.9 Å². The van der Waals surface area contributed by atoms with Crippen LogP contribution in [0.15, 0.2) is 24.3 Å². The number of rotatable bonds is 4. The van der Waals surface area contributed by atoms with E-state index < -0.39 is 11.5 Å². The molecule has 25 heavy (non-hydrogen) atoms. The molecule has 1 N–H and O–H groups in total. The number of ether oxygens (including phenoxy) is 1. The second kappa shape index (κ2) is 7.24. The van der Waals surface area contributed by atoms with Crippen molar-refractivity contribution in [3.8, 4) is 6.07 Å². The van der Waals surface area contributed by atoms with Crippen LogP contribution in [0.5, 0.6) is 0 Å². The van der Waals surface area contributed by atoms with E-state index in [1.54, 1.807) is 4.90 Å². The molecule has 2 saturated heterocycles. The first-order valence-corrected chi connectivity index (χ1v) is 8.66. The Hall–Kier alpha value is -2.39. The highest BCUT2D eigenvalue weighted by molar-refractivity contribution is 5.89. The highest BCUT2D eigenvalue weighted by Gasteiger charge is 2.40. The molecule has 1 aromatic rings. The smallest absolute Gasteiger partial charge is 0.226 e. The maximum absolute atomic E-state index is 12.6. The molecular formula is C19H23N3O3. The molecule has 132 valence electrons. The van der Waals surface area contributed by atoms with E-state index in [0.717, 1.165) is 5.56 Å². The van der Waals surface area contributed by atoms with Gasteiger partial charge in [0.25, 0.3) is 0 Å². The van der Waals surface area contributed by atoms with Crippen molar-refractivity contribution >= 4 is 11.8 Å². The van der Waals surface area contributed by atoms with Crippen LogP contribution in [0.2, 0.25) is 0 Å². The van der Waals surface area contributed by atoms with Crippen LogP contribution in [0.4, 0.5) is 0 Å². The molecule has 0 bridgehead atoms. The average Bonchev–Trinajstić information content (AvgIpc) is 2.98. The Bertz CT molecular complexity index is 687. The summed E-state index contributed by atoms with van der Waals surface area (Å²) in [4.78, 5) is 26.6. The number of hydrogen-bond donors (Lipinski definition) is 1. The zero-order valence-corrected chi connectivity index (χ0v) is 14.5. The van der Waals surface area contributed by atoms with Crippen LogP contribution < -0.4 is 5.32 Å². The van der Waals surface area contributed by atoms with Gasteiger partial charge < -0.3 is 15.0 Å². The molecule has 0 radical (unpaired) electrons. The summed E-state index contributed by atoms with van der Waals surface area (Å²) < 4.78 is 5.28. The molecule has 2 fully saturated rings. The van der Waals surface area contributed by atoms with Gasteiger partial charge in [-0.3, -0.25) is 9.59 Å². The largest absolute Gasteiger partial charge is 0.381 e. The molecule has 6 nitrogen and oxygen atoms in total. The highest BCUT2D eigenvalue weighted by atomic mass is 16.5. The van der Waals surface area contributed by atoms with Crippen molar-refractivity contribution in [2.45, 2.75) is 38.3 Å². The van der Waals surface area contributed by atoms with E-state index in [-0.39, 0.29) is 18.2 Å². The lowest BCUT2D eigenvalue weighted by Gasteiger charge is -2.32. The quantitative estimate of drug-likeness (QED) is 0.900. The van der Waals surface area contributed by atoms with Gasteiger partial charge in [0.1, 0.15) is 5.54 Å². The number of benzene rings is 1. The van der Waals surface area contributed by atoms with Gasteiger partial charge in [-0.15, -0.1) is 0 Å². The number of carbonyl (C=O) groups excluding carboxylic acids is 2.